The summed E-state index contributed by atoms with van der Waals surface area (Å²) in [5.74, 6) is -0.662. The van der Waals surface area contributed by atoms with Crippen LogP contribution in [0.2, 0.25) is 0 Å². The van der Waals surface area contributed by atoms with Crippen molar-refractivity contribution in [2.45, 2.75) is 33.2 Å². The Hall–Kier alpha value is -1.33. The number of ether oxygens (including phenoxy) is 2. The Morgan fingerprint density at radius 1 is 0.938 bits per heavy atom. The van der Waals surface area contributed by atoms with Gasteiger partial charge in [-0.3, -0.25) is 9.59 Å². The molecule has 0 atom stereocenters. The van der Waals surface area contributed by atoms with Crippen molar-refractivity contribution in [2.75, 3.05) is 40.5 Å². The van der Waals surface area contributed by atoms with E-state index in [4.69, 9.17) is 9.47 Å². The monoisotopic (exact) mass is 522 g/mol. The fraction of sp³-hybridized carbons (Fsp3) is 0.524. The number of benzene rings is 1. The Balaban J connectivity index is 0. The van der Waals surface area contributed by atoms with Gasteiger partial charge in [0.05, 0.1) is 32.1 Å². The Morgan fingerprint density at radius 3 is 2.22 bits per heavy atom. The summed E-state index contributed by atoms with van der Waals surface area (Å²) in [6.07, 6.45) is 0.432. The Kier molecular flexibility index (Phi) is 20.8. The summed E-state index contributed by atoms with van der Waals surface area (Å²) < 4.78 is 9.98. The standard InChI is InChI=1S/C20H30N4O6.CH4.Rb/c1-21-17(25)8-9-23-18(26)12-15-4-6-16(7-5-15)13-24-19(27)14-29-10-3-11-30-20(28)22-2;;/h4-7H,3,8-14H2,1-2H3,(H4,21,22,23,24,25,26,27,28);1H4;/q;;+1/p-1. The number of alkyl carbamates (subject to hydrolysis) is 1. The number of rotatable bonds is 13. The van der Waals surface area contributed by atoms with E-state index in [1.54, 1.807) is 31.3 Å². The third kappa shape index (κ3) is 16.3. The molecular weight excluding hydrogens is 490 g/mol. The molecule has 174 valence electrons. The zero-order chi connectivity index (χ0) is 22.2. The van der Waals surface area contributed by atoms with Crippen LogP contribution in [0.1, 0.15) is 31.4 Å². The van der Waals surface area contributed by atoms with Crippen molar-refractivity contribution in [1.82, 2.24) is 16.0 Å². The van der Waals surface area contributed by atoms with Gasteiger partial charge in [-0.05, 0) is 5.56 Å². The molecular formula is C21H33N4O6Rb. The third-order valence-corrected chi connectivity index (χ3v) is 3.87. The smallest absolute Gasteiger partial charge is 0.648 e. The summed E-state index contributed by atoms with van der Waals surface area (Å²) in [5, 5.41) is 11.4. The summed E-state index contributed by atoms with van der Waals surface area (Å²) in [6, 6.07) is 7.22. The van der Waals surface area contributed by atoms with Gasteiger partial charge in [0, 0.05) is 33.5 Å². The second-order valence-electron chi connectivity index (χ2n) is 6.27. The zero-order valence-electron chi connectivity index (χ0n) is 18.4. The molecule has 0 fully saturated rings. The van der Waals surface area contributed by atoms with Gasteiger partial charge in [0.25, 0.3) is 0 Å². The van der Waals surface area contributed by atoms with Crippen LogP contribution in [0.3, 0.4) is 0 Å². The number of carbonyl (C=O) groups excluding carboxylic acids is 4. The molecule has 0 spiro atoms. The number of hydrogen-bond donors (Lipinski definition) is 3. The minimum Gasteiger partial charge on any atom is -0.648 e. The topological polar surface area (TPSA) is 137 Å². The molecule has 0 radical (unpaired) electrons. The van der Waals surface area contributed by atoms with Crippen molar-refractivity contribution in [3.8, 4) is 0 Å². The van der Waals surface area contributed by atoms with Gasteiger partial charge in [-0.25, -0.2) is 4.79 Å². The molecule has 0 saturated carbocycles. The van der Waals surface area contributed by atoms with Crippen molar-refractivity contribution in [3.05, 3.63) is 40.7 Å². The quantitative estimate of drug-likeness (QED) is 0.264. The predicted molar refractivity (Wildman–Crippen MR) is 116 cm³/mol. The molecule has 10 nitrogen and oxygen atoms in total. The number of carbonyl (C=O) groups is 4. The molecule has 4 amide bonds. The van der Waals surface area contributed by atoms with Crippen LogP contribution in [0.15, 0.2) is 24.3 Å². The molecule has 0 unspecified atom stereocenters. The fourth-order valence-corrected chi connectivity index (χ4v) is 2.23. The number of nitrogens with one attached hydrogen (secondary N) is 3. The van der Waals surface area contributed by atoms with E-state index in [9.17, 15) is 19.2 Å². The number of nitrogens with zero attached hydrogens (tertiary/aromatic N) is 1. The van der Waals surface area contributed by atoms with Crippen LogP contribution in [0, 0.1) is 0 Å². The van der Waals surface area contributed by atoms with Crippen molar-refractivity contribution in [2.24, 2.45) is 0 Å². The van der Waals surface area contributed by atoms with Gasteiger partial charge < -0.3 is 35.5 Å². The molecule has 0 aliphatic heterocycles. The van der Waals surface area contributed by atoms with E-state index >= 15 is 0 Å². The minimum absolute atomic E-state index is 0. The second kappa shape index (κ2) is 20.3. The van der Waals surface area contributed by atoms with E-state index in [0.29, 0.717) is 13.0 Å². The SMILES string of the molecule is C.CNC(=O)CCNC(=O)Cc1ccc(C[N-]C(=O)COCCCOC(=O)NC)cc1.[Rb+]. The predicted octanol–water partition coefficient (Wildman–Crippen LogP) is -1.72. The van der Waals surface area contributed by atoms with E-state index in [1.807, 2.05) is 0 Å². The average molecular weight is 523 g/mol. The molecule has 0 heterocycles. The summed E-state index contributed by atoms with van der Waals surface area (Å²) in [5.41, 5.74) is 1.66. The van der Waals surface area contributed by atoms with Gasteiger partial charge in [-0.15, -0.1) is 6.54 Å². The normalized spacial score (nSPS) is 9.44. The maximum Gasteiger partial charge on any atom is 1.00 e. The van der Waals surface area contributed by atoms with E-state index < -0.39 is 6.09 Å². The first-order valence-corrected chi connectivity index (χ1v) is 9.62. The van der Waals surface area contributed by atoms with Gasteiger partial charge >= 0.3 is 64.3 Å². The molecule has 1 rings (SSSR count). The summed E-state index contributed by atoms with van der Waals surface area (Å²) >= 11 is 0. The van der Waals surface area contributed by atoms with E-state index in [-0.39, 0.29) is 123 Å². The second-order valence-corrected chi connectivity index (χ2v) is 6.27. The van der Waals surface area contributed by atoms with Gasteiger partial charge in [0.2, 0.25) is 11.8 Å². The van der Waals surface area contributed by atoms with Crippen LogP contribution in [0.4, 0.5) is 4.79 Å². The van der Waals surface area contributed by atoms with Crippen LogP contribution in [0.25, 0.3) is 5.32 Å². The summed E-state index contributed by atoms with van der Waals surface area (Å²) in [6.45, 7) is 0.886. The first-order valence-electron chi connectivity index (χ1n) is 9.62. The van der Waals surface area contributed by atoms with Crippen LogP contribution in [-0.4, -0.2) is 64.3 Å². The Morgan fingerprint density at radius 2 is 1.59 bits per heavy atom. The van der Waals surface area contributed by atoms with Crippen molar-refractivity contribution >= 4 is 23.8 Å². The van der Waals surface area contributed by atoms with Crippen molar-refractivity contribution in [3.63, 3.8) is 0 Å². The Labute approximate surface area is 238 Å². The summed E-state index contributed by atoms with van der Waals surface area (Å²) in [7, 11) is 3.02. The molecule has 1 aromatic carbocycles. The molecule has 32 heavy (non-hydrogen) atoms. The molecule has 0 aliphatic carbocycles. The molecule has 0 aromatic heterocycles. The maximum atomic E-state index is 11.8. The van der Waals surface area contributed by atoms with Gasteiger partial charge in [-0.1, -0.05) is 37.3 Å². The fourth-order valence-electron chi connectivity index (χ4n) is 2.23. The Bertz CT molecular complexity index is 700. The van der Waals surface area contributed by atoms with Gasteiger partial charge in [0.15, 0.2) is 0 Å². The van der Waals surface area contributed by atoms with Gasteiger partial charge in [0.1, 0.15) is 0 Å². The number of amides is 4. The molecule has 11 heteroatoms. The van der Waals surface area contributed by atoms with Gasteiger partial charge in [-0.2, -0.15) is 0 Å². The van der Waals surface area contributed by atoms with E-state index in [0.717, 1.165) is 11.1 Å². The van der Waals surface area contributed by atoms with Crippen molar-refractivity contribution < 1.29 is 86.8 Å². The minimum atomic E-state index is -0.506. The van der Waals surface area contributed by atoms with Crippen molar-refractivity contribution in [1.29, 1.82) is 0 Å². The van der Waals surface area contributed by atoms with Crippen LogP contribution >= 0.6 is 0 Å². The first kappa shape index (κ1) is 32.8. The maximum absolute atomic E-state index is 11.8. The first-order chi connectivity index (χ1) is 14.4. The van der Waals surface area contributed by atoms with E-state index in [2.05, 4.69) is 21.3 Å². The molecule has 3 N–H and O–H groups in total. The largest absolute Gasteiger partial charge is 1.00 e. The molecule has 0 bridgehead atoms. The molecule has 0 saturated heterocycles. The average Bonchev–Trinajstić information content (AvgIpc) is 2.75. The van der Waals surface area contributed by atoms with E-state index in [1.165, 1.54) is 7.05 Å². The van der Waals surface area contributed by atoms with Crippen LogP contribution < -0.4 is 74.1 Å². The molecule has 0 aliphatic rings. The van der Waals surface area contributed by atoms with Crippen LogP contribution in [0.5, 0.6) is 0 Å². The summed E-state index contributed by atoms with van der Waals surface area (Å²) in [4.78, 5) is 45.5. The molecule has 1 aromatic rings. The third-order valence-electron chi connectivity index (χ3n) is 3.87. The number of hydrogen-bond acceptors (Lipinski definition) is 6. The van der Waals surface area contributed by atoms with Crippen LogP contribution in [-0.2, 0) is 36.8 Å². The zero-order valence-corrected chi connectivity index (χ0v) is 23.3.